The highest BCUT2D eigenvalue weighted by Crippen LogP contribution is 2.31. The van der Waals surface area contributed by atoms with Gasteiger partial charge in [0.1, 0.15) is 5.82 Å². The molecule has 5 nitrogen and oxygen atoms in total. The number of benzene rings is 3. The number of hydrogen-bond donors (Lipinski definition) is 1. The van der Waals surface area contributed by atoms with Crippen molar-refractivity contribution in [1.82, 2.24) is 9.47 Å². The number of anilines is 2. The van der Waals surface area contributed by atoms with Crippen molar-refractivity contribution in [2.75, 3.05) is 42.9 Å². The van der Waals surface area contributed by atoms with Gasteiger partial charge in [0, 0.05) is 65.9 Å². The lowest BCUT2D eigenvalue weighted by Crippen LogP contribution is -2.48. The van der Waals surface area contributed by atoms with Crippen LogP contribution in [0.2, 0.25) is 0 Å². The van der Waals surface area contributed by atoms with Gasteiger partial charge in [0.15, 0.2) is 0 Å². The second kappa shape index (κ2) is 8.63. The standard InChI is InChI=1S/C26H27FN4O/c1-2-31-24-6-4-3-5-22(24)23-17-20(9-12-25(23)31)28-26(32)18-29-13-15-30(16-14-29)21-10-7-19(27)8-11-21/h3-12,17H,2,13-16,18H2,1H3,(H,28,32). The number of halogens is 1. The fourth-order valence-electron chi connectivity index (χ4n) is 4.69. The van der Waals surface area contributed by atoms with E-state index in [9.17, 15) is 9.18 Å². The predicted octanol–water partition coefficient (Wildman–Crippen LogP) is 4.71. The van der Waals surface area contributed by atoms with Crippen LogP contribution in [0, 0.1) is 5.82 Å². The van der Waals surface area contributed by atoms with Gasteiger partial charge in [-0.25, -0.2) is 4.39 Å². The summed E-state index contributed by atoms with van der Waals surface area (Å²) in [7, 11) is 0. The summed E-state index contributed by atoms with van der Waals surface area (Å²) >= 11 is 0. The fraction of sp³-hybridized carbons (Fsp3) is 0.269. The highest BCUT2D eigenvalue weighted by molar-refractivity contribution is 6.09. The van der Waals surface area contributed by atoms with Gasteiger partial charge in [-0.05, 0) is 55.5 Å². The molecule has 5 rings (SSSR count). The molecule has 1 aromatic heterocycles. The molecule has 1 aliphatic heterocycles. The molecule has 1 aliphatic rings. The minimum atomic E-state index is -0.221. The molecule has 1 saturated heterocycles. The molecule has 0 bridgehead atoms. The second-order valence-corrected chi connectivity index (χ2v) is 8.28. The summed E-state index contributed by atoms with van der Waals surface area (Å²) in [4.78, 5) is 17.1. The molecule has 0 spiro atoms. The van der Waals surface area contributed by atoms with E-state index in [1.807, 2.05) is 18.2 Å². The van der Waals surface area contributed by atoms with Gasteiger partial charge in [-0.3, -0.25) is 9.69 Å². The minimum Gasteiger partial charge on any atom is -0.369 e. The van der Waals surface area contributed by atoms with Crippen molar-refractivity contribution in [2.45, 2.75) is 13.5 Å². The van der Waals surface area contributed by atoms with Gasteiger partial charge >= 0.3 is 0 Å². The minimum absolute atomic E-state index is 0.00110. The topological polar surface area (TPSA) is 40.5 Å². The Morgan fingerprint density at radius 3 is 2.38 bits per heavy atom. The van der Waals surface area contributed by atoms with Crippen LogP contribution in [0.15, 0.2) is 66.7 Å². The summed E-state index contributed by atoms with van der Waals surface area (Å²) in [5.41, 5.74) is 4.25. The zero-order valence-corrected chi connectivity index (χ0v) is 18.2. The number of nitrogens with zero attached hydrogens (tertiary/aromatic N) is 3. The Hall–Kier alpha value is -3.38. The Bertz CT molecular complexity index is 1260. The van der Waals surface area contributed by atoms with Gasteiger partial charge in [0.05, 0.1) is 6.54 Å². The molecule has 4 aromatic rings. The predicted molar refractivity (Wildman–Crippen MR) is 129 cm³/mol. The highest BCUT2D eigenvalue weighted by atomic mass is 19.1. The molecule has 1 amide bonds. The van der Waals surface area contributed by atoms with Gasteiger partial charge in [0.25, 0.3) is 0 Å². The molecule has 2 heterocycles. The Morgan fingerprint density at radius 1 is 0.906 bits per heavy atom. The largest absolute Gasteiger partial charge is 0.369 e. The van der Waals surface area contributed by atoms with Crippen molar-refractivity contribution in [1.29, 1.82) is 0 Å². The van der Waals surface area contributed by atoms with Crippen molar-refractivity contribution in [3.05, 3.63) is 72.5 Å². The van der Waals surface area contributed by atoms with Crippen molar-refractivity contribution in [3.8, 4) is 0 Å². The maximum atomic E-state index is 13.1. The van der Waals surface area contributed by atoms with Crippen LogP contribution in [0.1, 0.15) is 6.92 Å². The van der Waals surface area contributed by atoms with Crippen molar-refractivity contribution >= 4 is 39.1 Å². The molecular weight excluding hydrogens is 403 g/mol. The maximum Gasteiger partial charge on any atom is 0.238 e. The molecule has 1 fully saturated rings. The molecule has 0 aliphatic carbocycles. The number of carbonyl (C=O) groups is 1. The van der Waals surface area contributed by atoms with Crippen molar-refractivity contribution < 1.29 is 9.18 Å². The first-order valence-corrected chi connectivity index (χ1v) is 11.2. The third-order valence-corrected chi connectivity index (χ3v) is 6.30. The summed E-state index contributed by atoms with van der Waals surface area (Å²) in [5, 5.41) is 5.44. The van der Waals surface area contributed by atoms with Crippen molar-refractivity contribution in [3.63, 3.8) is 0 Å². The van der Waals surface area contributed by atoms with Crippen LogP contribution in [0.4, 0.5) is 15.8 Å². The Morgan fingerprint density at radius 2 is 1.62 bits per heavy atom. The first kappa shape index (κ1) is 20.5. The smallest absolute Gasteiger partial charge is 0.238 e. The number of aromatic nitrogens is 1. The molecule has 0 saturated carbocycles. The zero-order chi connectivity index (χ0) is 22.1. The van der Waals surface area contributed by atoms with Crippen LogP contribution in [0.5, 0.6) is 0 Å². The first-order valence-electron chi connectivity index (χ1n) is 11.2. The summed E-state index contributed by atoms with van der Waals surface area (Å²) < 4.78 is 15.5. The SMILES string of the molecule is CCn1c2ccccc2c2cc(NC(=O)CN3CCN(c4ccc(F)cc4)CC3)ccc21. The van der Waals surface area contributed by atoms with E-state index in [1.165, 1.54) is 28.6 Å². The van der Waals surface area contributed by atoms with E-state index in [4.69, 9.17) is 0 Å². The lowest BCUT2D eigenvalue weighted by atomic mass is 10.1. The highest BCUT2D eigenvalue weighted by Gasteiger charge is 2.19. The number of aryl methyl sites for hydroxylation is 1. The van der Waals surface area contributed by atoms with Crippen LogP contribution in [0.3, 0.4) is 0 Å². The molecular formula is C26H27FN4O. The lowest BCUT2D eigenvalue weighted by molar-refractivity contribution is -0.117. The monoisotopic (exact) mass is 430 g/mol. The molecule has 0 atom stereocenters. The number of fused-ring (bicyclic) bond motifs is 3. The number of amides is 1. The molecule has 32 heavy (non-hydrogen) atoms. The summed E-state index contributed by atoms with van der Waals surface area (Å²) in [5.74, 6) is -0.222. The van der Waals surface area contributed by atoms with Crippen LogP contribution < -0.4 is 10.2 Å². The van der Waals surface area contributed by atoms with Gasteiger partial charge in [0.2, 0.25) is 5.91 Å². The molecule has 3 aromatic carbocycles. The molecule has 0 radical (unpaired) electrons. The van der Waals surface area contributed by atoms with Crippen LogP contribution in [-0.2, 0) is 11.3 Å². The number of nitrogens with one attached hydrogen (secondary N) is 1. The number of para-hydroxylation sites is 1. The zero-order valence-electron chi connectivity index (χ0n) is 18.2. The molecule has 0 unspecified atom stereocenters. The molecule has 164 valence electrons. The fourth-order valence-corrected chi connectivity index (χ4v) is 4.69. The first-order chi connectivity index (χ1) is 15.6. The Labute approximate surface area is 187 Å². The third-order valence-electron chi connectivity index (χ3n) is 6.30. The normalized spacial score (nSPS) is 14.9. The van der Waals surface area contributed by atoms with Gasteiger partial charge in [-0.2, -0.15) is 0 Å². The van der Waals surface area contributed by atoms with Gasteiger partial charge < -0.3 is 14.8 Å². The number of rotatable bonds is 5. The summed E-state index contributed by atoms with van der Waals surface area (Å²) in [6.45, 7) is 6.66. The summed E-state index contributed by atoms with van der Waals surface area (Å²) in [6, 6.07) is 21.1. The average molecular weight is 431 g/mol. The third kappa shape index (κ3) is 3.94. The van der Waals surface area contributed by atoms with E-state index in [0.717, 1.165) is 49.5 Å². The van der Waals surface area contributed by atoms with Gasteiger partial charge in [-0.15, -0.1) is 0 Å². The van der Waals surface area contributed by atoms with E-state index in [2.05, 4.69) is 63.0 Å². The average Bonchev–Trinajstić information content (AvgIpc) is 3.13. The molecule has 1 N–H and O–H groups in total. The van der Waals surface area contributed by atoms with E-state index in [1.54, 1.807) is 0 Å². The Balaban J connectivity index is 1.24. The van der Waals surface area contributed by atoms with E-state index < -0.39 is 0 Å². The van der Waals surface area contributed by atoms with Crippen molar-refractivity contribution in [2.24, 2.45) is 0 Å². The lowest BCUT2D eigenvalue weighted by Gasteiger charge is -2.35. The second-order valence-electron chi connectivity index (χ2n) is 8.28. The van der Waals surface area contributed by atoms with Crippen LogP contribution >= 0.6 is 0 Å². The quantitative estimate of drug-likeness (QED) is 0.498. The number of piperazine rings is 1. The van der Waals surface area contributed by atoms with E-state index in [0.29, 0.717) is 6.54 Å². The van der Waals surface area contributed by atoms with E-state index in [-0.39, 0.29) is 11.7 Å². The van der Waals surface area contributed by atoms with Gasteiger partial charge in [-0.1, -0.05) is 18.2 Å². The van der Waals surface area contributed by atoms with Crippen LogP contribution in [0.25, 0.3) is 21.8 Å². The summed E-state index contributed by atoms with van der Waals surface area (Å²) in [6.07, 6.45) is 0. The van der Waals surface area contributed by atoms with Crippen LogP contribution in [-0.4, -0.2) is 48.1 Å². The Kier molecular flexibility index (Phi) is 5.53. The number of carbonyl (C=O) groups excluding carboxylic acids is 1. The number of hydrogen-bond acceptors (Lipinski definition) is 3. The molecule has 6 heteroatoms. The van der Waals surface area contributed by atoms with E-state index >= 15 is 0 Å². The maximum absolute atomic E-state index is 13.1.